The molecule has 1 saturated carbocycles. The molecule has 1 aromatic heterocycles. The highest BCUT2D eigenvalue weighted by Crippen LogP contribution is 2.36. The topological polar surface area (TPSA) is 70.5 Å². The van der Waals surface area contributed by atoms with Gasteiger partial charge < -0.3 is 10.2 Å². The first-order valence-corrected chi connectivity index (χ1v) is 13.8. The van der Waals surface area contributed by atoms with Crippen LogP contribution in [0, 0.1) is 13.8 Å². The minimum Gasteiger partial charge on any atom is -0.342 e. The molecule has 2 saturated heterocycles. The minimum absolute atomic E-state index is 0.0744. The highest BCUT2D eigenvalue weighted by Gasteiger charge is 2.53. The quantitative estimate of drug-likeness (QED) is 0.584. The summed E-state index contributed by atoms with van der Waals surface area (Å²) in [4.78, 5) is 31.3. The molecule has 3 heterocycles. The van der Waals surface area contributed by atoms with E-state index in [1.54, 1.807) is 0 Å². The fraction of sp³-hybridized carbons (Fsp3) is 0.815. The number of carbonyl (C=O) groups excluding carboxylic acids is 2. The van der Waals surface area contributed by atoms with Crippen molar-refractivity contribution in [1.82, 2.24) is 24.9 Å². The van der Waals surface area contributed by atoms with E-state index in [9.17, 15) is 9.59 Å². The molecule has 2 amide bonds. The summed E-state index contributed by atoms with van der Waals surface area (Å²) in [6, 6.07) is 0.210. The van der Waals surface area contributed by atoms with Gasteiger partial charge in [0.05, 0.1) is 11.7 Å². The molecule has 0 unspecified atom stereocenters. The van der Waals surface area contributed by atoms with Gasteiger partial charge in [-0.25, -0.2) is 0 Å². The van der Waals surface area contributed by atoms with E-state index in [0.29, 0.717) is 25.4 Å². The van der Waals surface area contributed by atoms with Crippen LogP contribution in [0.2, 0.25) is 0 Å². The third-order valence-corrected chi connectivity index (χ3v) is 8.60. The minimum atomic E-state index is -0.677. The van der Waals surface area contributed by atoms with Crippen molar-refractivity contribution in [2.45, 2.75) is 122 Å². The van der Waals surface area contributed by atoms with Gasteiger partial charge in [-0.1, -0.05) is 46.0 Å². The first-order valence-electron chi connectivity index (χ1n) is 13.8. The van der Waals surface area contributed by atoms with E-state index in [-0.39, 0.29) is 17.9 Å². The zero-order valence-corrected chi connectivity index (χ0v) is 21.9. The Kier molecular flexibility index (Phi) is 8.01. The molecule has 4 rings (SSSR count). The Bertz CT molecular complexity index is 865. The highest BCUT2D eigenvalue weighted by atomic mass is 16.2. The number of nitrogens with zero attached hydrogens (tertiary/aromatic N) is 4. The van der Waals surface area contributed by atoms with E-state index in [4.69, 9.17) is 5.10 Å². The van der Waals surface area contributed by atoms with E-state index in [0.717, 1.165) is 57.4 Å². The Morgan fingerprint density at radius 3 is 2.35 bits per heavy atom. The summed E-state index contributed by atoms with van der Waals surface area (Å²) in [5.41, 5.74) is 3.11. The molecule has 0 aromatic carbocycles. The summed E-state index contributed by atoms with van der Waals surface area (Å²) >= 11 is 0. The Labute approximate surface area is 205 Å². The van der Waals surface area contributed by atoms with Gasteiger partial charge in [0.1, 0.15) is 11.6 Å². The summed E-state index contributed by atoms with van der Waals surface area (Å²) in [6.07, 6.45) is 11.2. The number of unbranched alkanes of at least 4 members (excludes halogenated alkanes) is 2. The Balaban J connectivity index is 1.45. The maximum absolute atomic E-state index is 13.5. The van der Waals surface area contributed by atoms with Crippen molar-refractivity contribution in [3.05, 3.63) is 17.0 Å². The number of likely N-dealkylation sites (tertiary alicyclic amines) is 1. The standard InChI is InChI=1S/C27H45N5O2/c1-5-7-13-24-25(33)31(16-8-6-2)27(26(34)28-24)14-17-30(18-15-27)19-23-20(3)29-32(21(23)4)22-11-9-10-12-22/h22,24H,5-19H2,1-4H3,(H,28,34)/t24-/m0/s1. The summed E-state index contributed by atoms with van der Waals surface area (Å²) < 4.78 is 2.28. The first kappa shape index (κ1) is 25.2. The highest BCUT2D eigenvalue weighted by molar-refractivity contribution is 6.00. The van der Waals surface area contributed by atoms with Crippen LogP contribution in [0.4, 0.5) is 0 Å². The fourth-order valence-electron chi connectivity index (χ4n) is 6.35. The SMILES string of the molecule is CCCC[C@@H]1NC(=O)C2(CCN(Cc3c(C)nn(C4CCCC4)c3C)CC2)N(CCCC)C1=O. The number of carbonyl (C=O) groups is 2. The monoisotopic (exact) mass is 471 g/mol. The van der Waals surface area contributed by atoms with Gasteiger partial charge in [0.25, 0.3) is 0 Å². The lowest BCUT2D eigenvalue weighted by molar-refractivity contribution is -0.161. The number of hydrogen-bond acceptors (Lipinski definition) is 4. The fourth-order valence-corrected chi connectivity index (χ4v) is 6.35. The molecular weight excluding hydrogens is 426 g/mol. The van der Waals surface area contributed by atoms with Gasteiger partial charge in [0.2, 0.25) is 11.8 Å². The number of aromatic nitrogens is 2. The lowest BCUT2D eigenvalue weighted by Crippen LogP contribution is -2.72. The van der Waals surface area contributed by atoms with Crippen LogP contribution >= 0.6 is 0 Å². The maximum atomic E-state index is 13.5. The number of aryl methyl sites for hydroxylation is 1. The molecule has 2 aliphatic heterocycles. The van der Waals surface area contributed by atoms with Crippen LogP contribution in [-0.4, -0.2) is 62.6 Å². The number of amides is 2. The van der Waals surface area contributed by atoms with E-state index >= 15 is 0 Å². The Morgan fingerprint density at radius 1 is 1.03 bits per heavy atom. The first-order chi connectivity index (χ1) is 16.4. The second-order valence-corrected chi connectivity index (χ2v) is 10.9. The lowest BCUT2D eigenvalue weighted by Gasteiger charge is -2.51. The van der Waals surface area contributed by atoms with Gasteiger partial charge in [0, 0.05) is 37.4 Å². The summed E-state index contributed by atoms with van der Waals surface area (Å²) in [5, 5.41) is 8.04. The molecule has 34 heavy (non-hydrogen) atoms. The van der Waals surface area contributed by atoms with Gasteiger partial charge in [-0.3, -0.25) is 19.2 Å². The van der Waals surface area contributed by atoms with Crippen molar-refractivity contribution < 1.29 is 9.59 Å². The number of nitrogens with one attached hydrogen (secondary N) is 1. The van der Waals surface area contributed by atoms with Crippen molar-refractivity contribution in [2.75, 3.05) is 19.6 Å². The normalized spacial score (nSPS) is 23.8. The van der Waals surface area contributed by atoms with Crippen LogP contribution in [-0.2, 0) is 16.1 Å². The molecule has 3 fully saturated rings. The van der Waals surface area contributed by atoms with Gasteiger partial charge in [-0.2, -0.15) is 5.10 Å². The summed E-state index contributed by atoms with van der Waals surface area (Å²) in [5.74, 6) is 0.213. The van der Waals surface area contributed by atoms with Crippen LogP contribution in [0.5, 0.6) is 0 Å². The van der Waals surface area contributed by atoms with Crippen molar-refractivity contribution in [1.29, 1.82) is 0 Å². The van der Waals surface area contributed by atoms with Crippen molar-refractivity contribution in [3.8, 4) is 0 Å². The van der Waals surface area contributed by atoms with Crippen LogP contribution in [0.3, 0.4) is 0 Å². The third kappa shape index (κ3) is 4.77. The third-order valence-electron chi connectivity index (χ3n) is 8.60. The zero-order chi connectivity index (χ0) is 24.3. The smallest absolute Gasteiger partial charge is 0.246 e. The van der Waals surface area contributed by atoms with E-state index < -0.39 is 5.54 Å². The molecule has 1 spiro atoms. The van der Waals surface area contributed by atoms with Crippen LogP contribution in [0.1, 0.15) is 107 Å². The van der Waals surface area contributed by atoms with Gasteiger partial charge in [-0.15, -0.1) is 0 Å². The maximum Gasteiger partial charge on any atom is 0.246 e. The van der Waals surface area contributed by atoms with Crippen molar-refractivity contribution in [2.24, 2.45) is 0 Å². The molecule has 7 heteroatoms. The van der Waals surface area contributed by atoms with E-state index in [2.05, 4.69) is 42.6 Å². The predicted octanol–water partition coefficient (Wildman–Crippen LogP) is 4.27. The van der Waals surface area contributed by atoms with Gasteiger partial charge >= 0.3 is 0 Å². The van der Waals surface area contributed by atoms with E-state index in [1.165, 1.54) is 36.9 Å². The number of piperidine rings is 1. The molecule has 3 aliphatic rings. The largest absolute Gasteiger partial charge is 0.342 e. The van der Waals surface area contributed by atoms with Crippen LogP contribution < -0.4 is 5.32 Å². The lowest BCUT2D eigenvalue weighted by atomic mass is 9.81. The molecule has 1 N–H and O–H groups in total. The summed E-state index contributed by atoms with van der Waals surface area (Å²) in [6.45, 7) is 11.9. The number of hydrogen-bond donors (Lipinski definition) is 1. The molecule has 1 atom stereocenters. The molecular formula is C27H45N5O2. The molecule has 1 aliphatic carbocycles. The van der Waals surface area contributed by atoms with Crippen LogP contribution in [0.25, 0.3) is 0 Å². The molecule has 190 valence electrons. The average Bonchev–Trinajstić information content (AvgIpc) is 3.46. The van der Waals surface area contributed by atoms with E-state index in [1.807, 2.05) is 4.90 Å². The Morgan fingerprint density at radius 2 is 1.71 bits per heavy atom. The molecule has 0 bridgehead atoms. The average molecular weight is 472 g/mol. The molecule has 1 aromatic rings. The van der Waals surface area contributed by atoms with Crippen molar-refractivity contribution >= 4 is 11.8 Å². The van der Waals surface area contributed by atoms with Gasteiger partial charge in [0.15, 0.2) is 0 Å². The number of rotatable bonds is 9. The zero-order valence-electron chi connectivity index (χ0n) is 21.9. The second kappa shape index (κ2) is 10.8. The molecule has 0 radical (unpaired) electrons. The second-order valence-electron chi connectivity index (χ2n) is 10.9. The van der Waals surface area contributed by atoms with Crippen LogP contribution in [0.15, 0.2) is 0 Å². The number of piperazine rings is 1. The molecule has 7 nitrogen and oxygen atoms in total. The predicted molar refractivity (Wildman–Crippen MR) is 135 cm³/mol. The van der Waals surface area contributed by atoms with Gasteiger partial charge in [-0.05, 0) is 52.4 Å². The van der Waals surface area contributed by atoms with Crippen molar-refractivity contribution in [3.63, 3.8) is 0 Å². The Hall–Kier alpha value is -1.89. The summed E-state index contributed by atoms with van der Waals surface area (Å²) in [7, 11) is 0.